The van der Waals surface area contributed by atoms with Gasteiger partial charge in [0, 0.05) is 27.1 Å². The van der Waals surface area contributed by atoms with E-state index in [9.17, 15) is 4.79 Å². The Morgan fingerprint density at radius 3 is 2.36 bits per heavy atom. The second kappa shape index (κ2) is 6.40. The van der Waals surface area contributed by atoms with Gasteiger partial charge in [0.2, 0.25) is 0 Å². The molecule has 2 nitrogen and oxygen atoms in total. The van der Waals surface area contributed by atoms with E-state index < -0.39 is 0 Å². The summed E-state index contributed by atoms with van der Waals surface area (Å²) in [7, 11) is 0. The highest BCUT2D eigenvalue weighted by molar-refractivity contribution is 6.36. The van der Waals surface area contributed by atoms with Crippen LogP contribution in [0.15, 0.2) is 66.7 Å². The lowest BCUT2D eigenvalue weighted by molar-refractivity contribution is 0.112. The van der Waals surface area contributed by atoms with Crippen LogP contribution in [0.1, 0.15) is 10.4 Å². The highest BCUT2D eigenvalue weighted by Crippen LogP contribution is 2.36. The molecule has 0 aliphatic rings. The van der Waals surface area contributed by atoms with Gasteiger partial charge in [-0.2, -0.15) is 0 Å². The maximum absolute atomic E-state index is 11.8. The number of hydrogen-bond acceptors (Lipinski definition) is 1. The van der Waals surface area contributed by atoms with Gasteiger partial charge >= 0.3 is 0 Å². The van der Waals surface area contributed by atoms with E-state index in [1.807, 2.05) is 54.6 Å². The zero-order valence-electron chi connectivity index (χ0n) is 13.1. The summed E-state index contributed by atoms with van der Waals surface area (Å²) in [4.78, 5) is 15.1. The number of carbonyl (C=O) groups is 1. The van der Waals surface area contributed by atoms with Crippen LogP contribution in [0.3, 0.4) is 0 Å². The summed E-state index contributed by atoms with van der Waals surface area (Å²) >= 11 is 12.3. The molecular formula is C21H13Cl2NO. The molecule has 4 rings (SSSR count). The molecule has 0 fully saturated rings. The molecule has 0 aliphatic carbocycles. The first-order valence-electron chi connectivity index (χ1n) is 7.79. The van der Waals surface area contributed by atoms with E-state index in [0.29, 0.717) is 21.3 Å². The molecule has 0 radical (unpaired) electrons. The van der Waals surface area contributed by atoms with Gasteiger partial charge in [0.05, 0.1) is 10.7 Å². The Bertz CT molecular complexity index is 1080. The summed E-state index contributed by atoms with van der Waals surface area (Å²) in [6, 6.07) is 21.4. The molecule has 0 bridgehead atoms. The molecule has 0 aliphatic heterocycles. The number of aromatic nitrogens is 1. The van der Waals surface area contributed by atoms with Crippen LogP contribution in [0.5, 0.6) is 0 Å². The highest BCUT2D eigenvalue weighted by atomic mass is 35.5. The van der Waals surface area contributed by atoms with Crippen LogP contribution in [0, 0.1) is 0 Å². The van der Waals surface area contributed by atoms with Crippen molar-refractivity contribution in [3.8, 4) is 22.4 Å². The van der Waals surface area contributed by atoms with Gasteiger partial charge in [-0.15, -0.1) is 0 Å². The number of aldehydes is 1. The Hall–Kier alpha value is -2.55. The molecule has 0 saturated heterocycles. The molecule has 0 unspecified atom stereocenters. The third-order valence-corrected chi connectivity index (χ3v) is 4.81. The Morgan fingerprint density at radius 1 is 0.840 bits per heavy atom. The maximum Gasteiger partial charge on any atom is 0.152 e. The van der Waals surface area contributed by atoms with Gasteiger partial charge in [-0.3, -0.25) is 4.79 Å². The molecule has 0 atom stereocenters. The van der Waals surface area contributed by atoms with Crippen LogP contribution < -0.4 is 0 Å². The largest absolute Gasteiger partial charge is 0.354 e. The Kier molecular flexibility index (Phi) is 4.08. The Morgan fingerprint density at radius 2 is 1.64 bits per heavy atom. The fourth-order valence-electron chi connectivity index (χ4n) is 3.05. The lowest BCUT2D eigenvalue weighted by Crippen LogP contribution is -1.86. The van der Waals surface area contributed by atoms with E-state index in [1.165, 1.54) is 0 Å². The topological polar surface area (TPSA) is 32.9 Å². The van der Waals surface area contributed by atoms with E-state index in [-0.39, 0.29) is 0 Å². The highest BCUT2D eigenvalue weighted by Gasteiger charge is 2.16. The molecule has 122 valence electrons. The number of hydrogen-bond donors (Lipinski definition) is 1. The monoisotopic (exact) mass is 365 g/mol. The third kappa shape index (κ3) is 2.84. The average molecular weight is 366 g/mol. The van der Waals surface area contributed by atoms with E-state index in [0.717, 1.165) is 33.9 Å². The smallest absolute Gasteiger partial charge is 0.152 e. The molecule has 4 aromatic rings. The van der Waals surface area contributed by atoms with Gasteiger partial charge in [-0.1, -0.05) is 59.6 Å². The summed E-state index contributed by atoms with van der Waals surface area (Å²) in [5.41, 5.74) is 5.11. The Labute approximate surface area is 155 Å². The summed E-state index contributed by atoms with van der Waals surface area (Å²) in [5, 5.41) is 1.94. The van der Waals surface area contributed by atoms with Gasteiger partial charge in [-0.05, 0) is 41.5 Å². The molecule has 1 aromatic heterocycles. The molecule has 3 aromatic carbocycles. The van der Waals surface area contributed by atoms with Crippen LogP contribution >= 0.6 is 23.2 Å². The van der Waals surface area contributed by atoms with Crippen LogP contribution in [0.2, 0.25) is 10.0 Å². The van der Waals surface area contributed by atoms with E-state index >= 15 is 0 Å². The first-order chi connectivity index (χ1) is 12.2. The molecule has 0 spiro atoms. The van der Waals surface area contributed by atoms with Crippen LogP contribution in [0.4, 0.5) is 0 Å². The van der Waals surface area contributed by atoms with Crippen molar-refractivity contribution < 1.29 is 4.79 Å². The lowest BCUT2D eigenvalue weighted by atomic mass is 10.0. The number of carbonyl (C=O) groups excluding carboxylic acids is 1. The third-order valence-electron chi connectivity index (χ3n) is 4.26. The number of halogens is 2. The standard InChI is InChI=1S/C21H13Cl2NO/c22-15-7-8-16(19(23)11-15)21-18(12-25)17-10-14(6-9-20(17)24-21)13-4-2-1-3-5-13/h1-12,24H. The van der Waals surface area contributed by atoms with Crippen molar-refractivity contribution in [1.29, 1.82) is 0 Å². The fraction of sp³-hybridized carbons (Fsp3) is 0. The lowest BCUT2D eigenvalue weighted by Gasteiger charge is -2.04. The Balaban J connectivity index is 1.94. The second-order valence-electron chi connectivity index (χ2n) is 5.78. The van der Waals surface area contributed by atoms with Crippen LogP contribution in [-0.2, 0) is 0 Å². The minimum absolute atomic E-state index is 0.505. The summed E-state index contributed by atoms with van der Waals surface area (Å²) in [6.07, 6.45) is 0.869. The number of rotatable bonds is 3. The van der Waals surface area contributed by atoms with Crippen molar-refractivity contribution in [2.45, 2.75) is 0 Å². The molecule has 1 heterocycles. The zero-order chi connectivity index (χ0) is 17.4. The number of benzene rings is 3. The van der Waals surface area contributed by atoms with E-state index in [2.05, 4.69) is 4.98 Å². The predicted molar refractivity (Wildman–Crippen MR) is 105 cm³/mol. The molecule has 0 saturated carbocycles. The first-order valence-corrected chi connectivity index (χ1v) is 8.55. The van der Waals surface area contributed by atoms with Crippen molar-refractivity contribution in [3.05, 3.63) is 82.3 Å². The quantitative estimate of drug-likeness (QED) is 0.406. The van der Waals surface area contributed by atoms with Crippen molar-refractivity contribution in [1.82, 2.24) is 4.98 Å². The van der Waals surface area contributed by atoms with Gasteiger partial charge in [0.15, 0.2) is 6.29 Å². The number of aromatic amines is 1. The van der Waals surface area contributed by atoms with Gasteiger partial charge in [-0.25, -0.2) is 0 Å². The van der Waals surface area contributed by atoms with Gasteiger partial charge < -0.3 is 4.98 Å². The second-order valence-corrected chi connectivity index (χ2v) is 6.63. The average Bonchev–Trinajstić information content (AvgIpc) is 2.99. The normalized spacial score (nSPS) is 11.0. The molecule has 0 amide bonds. The van der Waals surface area contributed by atoms with Crippen LogP contribution in [-0.4, -0.2) is 11.3 Å². The first kappa shape index (κ1) is 15.9. The molecule has 1 N–H and O–H groups in total. The van der Waals surface area contributed by atoms with Crippen LogP contribution in [0.25, 0.3) is 33.3 Å². The fourth-order valence-corrected chi connectivity index (χ4v) is 3.55. The van der Waals surface area contributed by atoms with E-state index in [1.54, 1.807) is 12.1 Å². The predicted octanol–water partition coefficient (Wildman–Crippen LogP) is 6.62. The summed E-state index contributed by atoms with van der Waals surface area (Å²) in [6.45, 7) is 0. The SMILES string of the molecule is O=Cc1c(-c2ccc(Cl)cc2Cl)[nH]c2ccc(-c3ccccc3)cc12. The van der Waals surface area contributed by atoms with E-state index in [4.69, 9.17) is 23.2 Å². The van der Waals surface area contributed by atoms with Gasteiger partial charge in [0.25, 0.3) is 0 Å². The molecular weight excluding hydrogens is 353 g/mol. The molecule has 4 heteroatoms. The summed E-state index contributed by atoms with van der Waals surface area (Å²) in [5.74, 6) is 0. The number of nitrogens with one attached hydrogen (secondary N) is 1. The zero-order valence-corrected chi connectivity index (χ0v) is 14.6. The summed E-state index contributed by atoms with van der Waals surface area (Å²) < 4.78 is 0. The number of fused-ring (bicyclic) bond motifs is 1. The van der Waals surface area contributed by atoms with Crippen molar-refractivity contribution in [3.63, 3.8) is 0 Å². The maximum atomic E-state index is 11.8. The van der Waals surface area contributed by atoms with Gasteiger partial charge in [0.1, 0.15) is 0 Å². The molecule has 25 heavy (non-hydrogen) atoms. The minimum atomic E-state index is 0.505. The number of H-pyrrole nitrogens is 1. The van der Waals surface area contributed by atoms with Crippen molar-refractivity contribution >= 4 is 40.4 Å². The van der Waals surface area contributed by atoms with Crippen molar-refractivity contribution in [2.75, 3.05) is 0 Å². The minimum Gasteiger partial charge on any atom is -0.354 e. The van der Waals surface area contributed by atoms with Crippen molar-refractivity contribution in [2.24, 2.45) is 0 Å².